The first-order chi connectivity index (χ1) is 16.8. The fourth-order valence-electron chi connectivity index (χ4n) is 4.24. The van der Waals surface area contributed by atoms with Gasteiger partial charge in [-0.25, -0.2) is 0 Å². The summed E-state index contributed by atoms with van der Waals surface area (Å²) in [7, 11) is 0. The maximum atomic E-state index is 5.80. The van der Waals surface area contributed by atoms with Crippen LogP contribution in [0.4, 0.5) is 0 Å². The fourth-order valence-corrected chi connectivity index (χ4v) is 4.24. The predicted molar refractivity (Wildman–Crippen MR) is 145 cm³/mol. The Kier molecular flexibility index (Phi) is 21.8. The van der Waals surface area contributed by atoms with E-state index in [0.29, 0.717) is 6.10 Å². The van der Waals surface area contributed by atoms with Crippen molar-refractivity contribution in [2.24, 2.45) is 0 Å². The van der Waals surface area contributed by atoms with E-state index in [1.54, 1.807) is 0 Å². The van der Waals surface area contributed by atoms with Crippen molar-refractivity contribution in [1.29, 1.82) is 0 Å². The molecule has 34 heavy (non-hydrogen) atoms. The molecule has 2 unspecified atom stereocenters. The summed E-state index contributed by atoms with van der Waals surface area (Å²) in [5, 5.41) is 0. The molecule has 4 heteroatoms. The van der Waals surface area contributed by atoms with Crippen molar-refractivity contribution >= 4 is 0 Å². The van der Waals surface area contributed by atoms with E-state index in [1.165, 1.54) is 122 Å². The number of unbranched alkanes of at least 4 members (excludes halogenated alkanes) is 15. The van der Waals surface area contributed by atoms with Gasteiger partial charge in [0.15, 0.2) is 0 Å². The minimum atomic E-state index is 0.121. The Labute approximate surface area is 213 Å². The van der Waals surface area contributed by atoms with Crippen molar-refractivity contribution in [1.82, 2.24) is 0 Å². The average Bonchev–Trinajstić information content (AvgIpc) is 3.78. The first kappa shape index (κ1) is 31.9. The molecule has 0 radical (unpaired) electrons. The summed E-state index contributed by atoms with van der Waals surface area (Å²) >= 11 is 0. The lowest BCUT2D eigenvalue weighted by molar-refractivity contribution is 0.0711. The molecule has 0 aromatic carbocycles. The van der Waals surface area contributed by atoms with Crippen LogP contribution in [0.15, 0.2) is 0 Å². The molecule has 0 amide bonds. The molecular weight excluding hydrogens is 424 g/mol. The Morgan fingerprint density at radius 2 is 1.06 bits per heavy atom. The van der Waals surface area contributed by atoms with Crippen LogP contribution < -0.4 is 0 Å². The number of ether oxygens (including phenoxy) is 4. The topological polar surface area (TPSA) is 43.5 Å². The van der Waals surface area contributed by atoms with Crippen molar-refractivity contribution in [3.05, 3.63) is 0 Å². The second-order valence-corrected chi connectivity index (χ2v) is 10.6. The van der Waals surface area contributed by atoms with Crippen molar-refractivity contribution in [3.63, 3.8) is 0 Å². The zero-order valence-electron chi connectivity index (χ0n) is 23.4. The molecule has 2 heterocycles. The van der Waals surface area contributed by atoms with E-state index in [0.717, 1.165) is 39.6 Å². The minimum Gasteiger partial charge on any atom is -0.379 e. The van der Waals surface area contributed by atoms with Crippen LogP contribution in [0.25, 0.3) is 0 Å². The first-order valence-corrected chi connectivity index (χ1v) is 15.2. The average molecular weight is 485 g/mol. The van der Waals surface area contributed by atoms with Crippen LogP contribution in [0, 0.1) is 0 Å². The zero-order valence-corrected chi connectivity index (χ0v) is 23.4. The smallest absolute Gasteiger partial charge is 0.115 e. The highest BCUT2D eigenvalue weighted by atomic mass is 16.6. The summed E-state index contributed by atoms with van der Waals surface area (Å²) in [4.78, 5) is 0. The van der Waals surface area contributed by atoms with Gasteiger partial charge in [-0.2, -0.15) is 0 Å². The van der Waals surface area contributed by atoms with E-state index >= 15 is 0 Å². The molecule has 0 aromatic rings. The van der Waals surface area contributed by atoms with Gasteiger partial charge in [0.05, 0.1) is 26.4 Å². The number of hydrogen-bond acceptors (Lipinski definition) is 4. The largest absolute Gasteiger partial charge is 0.379 e. The summed E-state index contributed by atoms with van der Waals surface area (Å²) in [6.07, 6.45) is 25.9. The monoisotopic (exact) mass is 484 g/mol. The molecule has 2 fully saturated rings. The molecule has 0 spiro atoms. The minimum absolute atomic E-state index is 0.121. The first-order valence-electron chi connectivity index (χ1n) is 15.2. The van der Waals surface area contributed by atoms with Crippen LogP contribution in [0.3, 0.4) is 0 Å². The highest BCUT2D eigenvalue weighted by Crippen LogP contribution is 2.33. The Morgan fingerprint density at radius 1 is 0.618 bits per heavy atom. The molecule has 2 aliphatic heterocycles. The molecule has 0 bridgehead atoms. The highest BCUT2D eigenvalue weighted by molar-refractivity contribution is 4.91. The number of hydrogen-bond donors (Lipinski definition) is 0. The molecular formula is C30H60O4. The molecule has 2 saturated heterocycles. The van der Waals surface area contributed by atoms with E-state index in [1.807, 2.05) is 0 Å². The predicted octanol–water partition coefficient (Wildman–Crippen LogP) is 8.65. The SMILES string of the molecule is CCCCCCCCCCOCC1CO1.CCCCCCCCOCC1(CCCCCC)CO1. The molecule has 0 saturated carbocycles. The third kappa shape index (κ3) is 21.1. The van der Waals surface area contributed by atoms with Crippen molar-refractivity contribution in [2.75, 3.05) is 39.6 Å². The van der Waals surface area contributed by atoms with Gasteiger partial charge in [-0.05, 0) is 19.3 Å². The van der Waals surface area contributed by atoms with Crippen LogP contribution in [0.1, 0.15) is 143 Å². The number of rotatable bonds is 25. The molecule has 0 aliphatic carbocycles. The maximum Gasteiger partial charge on any atom is 0.115 e. The summed E-state index contributed by atoms with van der Waals surface area (Å²) in [6.45, 7) is 12.1. The normalized spacial score (nSPS) is 20.7. The Bertz CT molecular complexity index is 407. The molecule has 4 nitrogen and oxygen atoms in total. The van der Waals surface area contributed by atoms with Gasteiger partial charge >= 0.3 is 0 Å². The van der Waals surface area contributed by atoms with Crippen LogP contribution in [0.5, 0.6) is 0 Å². The molecule has 0 N–H and O–H groups in total. The molecule has 204 valence electrons. The lowest BCUT2D eigenvalue weighted by atomic mass is 10.0. The van der Waals surface area contributed by atoms with Gasteiger partial charge in [-0.1, -0.05) is 124 Å². The molecule has 2 rings (SSSR count). The van der Waals surface area contributed by atoms with Gasteiger partial charge in [0.1, 0.15) is 11.7 Å². The van der Waals surface area contributed by atoms with Crippen LogP contribution >= 0.6 is 0 Å². The quantitative estimate of drug-likeness (QED) is 0.0960. The van der Waals surface area contributed by atoms with Crippen molar-refractivity contribution in [3.8, 4) is 0 Å². The van der Waals surface area contributed by atoms with E-state index in [9.17, 15) is 0 Å². The van der Waals surface area contributed by atoms with E-state index < -0.39 is 0 Å². The summed E-state index contributed by atoms with van der Waals surface area (Å²) < 4.78 is 22.0. The van der Waals surface area contributed by atoms with Gasteiger partial charge < -0.3 is 18.9 Å². The van der Waals surface area contributed by atoms with Crippen LogP contribution in [0.2, 0.25) is 0 Å². The van der Waals surface area contributed by atoms with Crippen LogP contribution in [-0.2, 0) is 18.9 Å². The van der Waals surface area contributed by atoms with Crippen molar-refractivity contribution < 1.29 is 18.9 Å². The highest BCUT2D eigenvalue weighted by Gasteiger charge is 2.44. The van der Waals surface area contributed by atoms with Gasteiger partial charge in [0, 0.05) is 13.2 Å². The fraction of sp³-hybridized carbons (Fsp3) is 1.00. The molecule has 2 aliphatic rings. The second kappa shape index (κ2) is 23.3. The Hall–Kier alpha value is -0.160. The maximum absolute atomic E-state index is 5.80. The summed E-state index contributed by atoms with van der Waals surface area (Å²) in [5.74, 6) is 0. The number of epoxide rings is 2. The molecule has 0 aromatic heterocycles. The standard InChI is InChI=1S/C17H34O2.C13H26O2/c1-3-5-7-9-10-12-14-18-15-17(16-19-17)13-11-8-6-4-2;1-2-3-4-5-6-7-8-9-10-14-11-13-12-15-13/h3-16H2,1-2H3;13H,2-12H2,1H3. The summed E-state index contributed by atoms with van der Waals surface area (Å²) in [6, 6.07) is 0. The lowest BCUT2D eigenvalue weighted by Crippen LogP contribution is -2.19. The van der Waals surface area contributed by atoms with E-state index in [4.69, 9.17) is 18.9 Å². The lowest BCUT2D eigenvalue weighted by Gasteiger charge is -2.12. The van der Waals surface area contributed by atoms with Gasteiger partial charge in [0.2, 0.25) is 0 Å². The third-order valence-corrected chi connectivity index (χ3v) is 6.89. The van der Waals surface area contributed by atoms with Gasteiger partial charge in [0.25, 0.3) is 0 Å². The van der Waals surface area contributed by atoms with Gasteiger partial charge in [-0.3, -0.25) is 0 Å². The van der Waals surface area contributed by atoms with Crippen molar-refractivity contribution in [2.45, 2.75) is 154 Å². The van der Waals surface area contributed by atoms with E-state index in [2.05, 4.69) is 20.8 Å². The van der Waals surface area contributed by atoms with E-state index in [-0.39, 0.29) is 5.60 Å². The summed E-state index contributed by atoms with van der Waals surface area (Å²) in [5.41, 5.74) is 0.121. The third-order valence-electron chi connectivity index (χ3n) is 6.89. The van der Waals surface area contributed by atoms with Crippen LogP contribution in [-0.4, -0.2) is 51.3 Å². The van der Waals surface area contributed by atoms with Gasteiger partial charge in [-0.15, -0.1) is 0 Å². The Balaban J connectivity index is 0.000000350. The second-order valence-electron chi connectivity index (χ2n) is 10.6. The Morgan fingerprint density at radius 3 is 1.53 bits per heavy atom. The zero-order chi connectivity index (χ0) is 24.6. The molecule has 2 atom stereocenters.